The van der Waals surface area contributed by atoms with E-state index in [1.165, 1.54) is 11.1 Å². The maximum absolute atomic E-state index is 12.3. The van der Waals surface area contributed by atoms with Crippen molar-refractivity contribution >= 4 is 5.78 Å². The number of pyridine rings is 1. The molecule has 1 heterocycles. The second-order valence-electron chi connectivity index (χ2n) is 6.32. The molecule has 0 spiro atoms. The molecule has 1 aromatic heterocycles. The molecule has 0 N–H and O–H groups in total. The molecule has 2 aromatic carbocycles. The van der Waals surface area contributed by atoms with Gasteiger partial charge in [0.2, 0.25) is 0 Å². The van der Waals surface area contributed by atoms with Crippen LogP contribution in [0.5, 0.6) is 0 Å². The summed E-state index contributed by atoms with van der Waals surface area (Å²) in [4.78, 5) is 16.7. The van der Waals surface area contributed by atoms with Gasteiger partial charge in [0, 0.05) is 30.3 Å². The number of benzene rings is 2. The Morgan fingerprint density at radius 3 is 2.08 bits per heavy atom. The van der Waals surface area contributed by atoms with Crippen molar-refractivity contribution in [3.8, 4) is 0 Å². The number of hydrogen-bond donors (Lipinski definition) is 0. The smallest absolute Gasteiger partial charge is 0.164 e. The molecule has 0 atom stereocenters. The Balaban J connectivity index is 1.46. The van der Waals surface area contributed by atoms with E-state index in [9.17, 15) is 4.79 Å². The Kier molecular flexibility index (Phi) is 6.11. The summed E-state index contributed by atoms with van der Waals surface area (Å²) in [5.74, 6) is 0.187. The van der Waals surface area contributed by atoms with Crippen molar-refractivity contribution in [2.75, 3.05) is 0 Å². The molecular formula is C23H23NO. The predicted molar refractivity (Wildman–Crippen MR) is 102 cm³/mol. The van der Waals surface area contributed by atoms with Gasteiger partial charge in [-0.3, -0.25) is 9.78 Å². The van der Waals surface area contributed by atoms with Crippen LogP contribution in [0.4, 0.5) is 0 Å². The van der Waals surface area contributed by atoms with Gasteiger partial charge in [-0.15, -0.1) is 0 Å². The summed E-state index contributed by atoms with van der Waals surface area (Å²) in [5.41, 5.74) is 4.28. The number of carbonyl (C=O) groups excluding carboxylic acids is 1. The number of carbonyl (C=O) groups is 1. The summed E-state index contributed by atoms with van der Waals surface area (Å²) >= 11 is 0. The average molecular weight is 329 g/mol. The molecule has 0 aliphatic heterocycles. The SMILES string of the molecule is O=C(CCCCc1ccccc1)c1ccc(Cc2ccccc2)nc1. The largest absolute Gasteiger partial charge is 0.294 e. The fourth-order valence-corrected chi connectivity index (χ4v) is 2.90. The molecule has 0 unspecified atom stereocenters. The summed E-state index contributed by atoms with van der Waals surface area (Å²) in [6, 6.07) is 24.5. The van der Waals surface area contributed by atoms with Gasteiger partial charge in [0.1, 0.15) is 0 Å². The highest BCUT2D eigenvalue weighted by molar-refractivity contribution is 5.95. The molecule has 3 rings (SSSR count). The minimum Gasteiger partial charge on any atom is -0.294 e. The maximum Gasteiger partial charge on any atom is 0.164 e. The Labute approximate surface area is 149 Å². The van der Waals surface area contributed by atoms with Gasteiger partial charge in [-0.25, -0.2) is 0 Å². The zero-order valence-electron chi connectivity index (χ0n) is 14.4. The van der Waals surface area contributed by atoms with E-state index in [1.807, 2.05) is 36.4 Å². The third-order valence-electron chi connectivity index (χ3n) is 4.34. The fraction of sp³-hybridized carbons (Fsp3) is 0.217. The van der Waals surface area contributed by atoms with Crippen molar-refractivity contribution in [2.45, 2.75) is 32.1 Å². The molecule has 0 saturated carbocycles. The molecule has 0 amide bonds. The van der Waals surface area contributed by atoms with Crippen molar-refractivity contribution in [1.29, 1.82) is 0 Å². The number of rotatable bonds is 8. The fourth-order valence-electron chi connectivity index (χ4n) is 2.90. The monoisotopic (exact) mass is 329 g/mol. The highest BCUT2D eigenvalue weighted by Crippen LogP contribution is 2.12. The van der Waals surface area contributed by atoms with E-state index >= 15 is 0 Å². The van der Waals surface area contributed by atoms with Crippen LogP contribution in [0.3, 0.4) is 0 Å². The summed E-state index contributed by atoms with van der Waals surface area (Å²) in [5, 5.41) is 0. The van der Waals surface area contributed by atoms with E-state index < -0.39 is 0 Å². The molecule has 0 bridgehead atoms. The van der Waals surface area contributed by atoms with E-state index in [0.29, 0.717) is 6.42 Å². The standard InChI is InChI=1S/C23H23NO/c25-23(14-8-7-11-19-9-3-1-4-10-19)21-15-16-22(24-18-21)17-20-12-5-2-6-13-20/h1-6,9-10,12-13,15-16,18H,7-8,11,14,17H2. The van der Waals surface area contributed by atoms with Crippen molar-refractivity contribution in [3.63, 3.8) is 0 Å². The number of aryl methyl sites for hydroxylation is 1. The highest BCUT2D eigenvalue weighted by Gasteiger charge is 2.07. The maximum atomic E-state index is 12.3. The lowest BCUT2D eigenvalue weighted by atomic mass is 10.0. The minimum absolute atomic E-state index is 0.187. The van der Waals surface area contributed by atoms with Crippen LogP contribution in [0.1, 0.15) is 46.4 Å². The van der Waals surface area contributed by atoms with E-state index in [4.69, 9.17) is 0 Å². The van der Waals surface area contributed by atoms with E-state index in [1.54, 1.807) is 6.20 Å². The zero-order valence-corrected chi connectivity index (χ0v) is 14.4. The van der Waals surface area contributed by atoms with Gasteiger partial charge >= 0.3 is 0 Å². The molecule has 0 aliphatic rings. The first-order chi connectivity index (χ1) is 12.3. The van der Waals surface area contributed by atoms with Crippen LogP contribution in [0.2, 0.25) is 0 Å². The van der Waals surface area contributed by atoms with Crippen molar-refractivity contribution in [3.05, 3.63) is 101 Å². The lowest BCUT2D eigenvalue weighted by molar-refractivity contribution is 0.0979. The summed E-state index contributed by atoms with van der Waals surface area (Å²) in [6.07, 6.45) is 6.09. The lowest BCUT2D eigenvalue weighted by Gasteiger charge is -2.04. The molecule has 0 radical (unpaired) electrons. The third-order valence-corrected chi connectivity index (χ3v) is 4.34. The molecule has 2 heteroatoms. The molecule has 126 valence electrons. The molecule has 0 fully saturated rings. The predicted octanol–water partition coefficient (Wildman–Crippen LogP) is 5.27. The number of hydrogen-bond acceptors (Lipinski definition) is 2. The second kappa shape index (κ2) is 8.93. The van der Waals surface area contributed by atoms with E-state index in [0.717, 1.165) is 36.9 Å². The van der Waals surface area contributed by atoms with Gasteiger partial charge in [-0.1, -0.05) is 60.7 Å². The third kappa shape index (κ3) is 5.39. The Hall–Kier alpha value is -2.74. The quantitative estimate of drug-likeness (QED) is 0.416. The van der Waals surface area contributed by atoms with Crippen LogP contribution < -0.4 is 0 Å². The minimum atomic E-state index is 0.187. The lowest BCUT2D eigenvalue weighted by Crippen LogP contribution is -2.01. The van der Waals surface area contributed by atoms with Gasteiger partial charge < -0.3 is 0 Å². The van der Waals surface area contributed by atoms with Crippen LogP contribution in [-0.4, -0.2) is 10.8 Å². The molecule has 0 aliphatic carbocycles. The summed E-state index contributed by atoms with van der Waals surface area (Å²) in [7, 11) is 0. The molecule has 2 nitrogen and oxygen atoms in total. The van der Waals surface area contributed by atoms with Crippen molar-refractivity contribution in [1.82, 2.24) is 4.98 Å². The van der Waals surface area contributed by atoms with Crippen LogP contribution in [0.15, 0.2) is 79.0 Å². The first-order valence-electron chi connectivity index (χ1n) is 8.87. The van der Waals surface area contributed by atoms with Gasteiger partial charge in [0.25, 0.3) is 0 Å². The Morgan fingerprint density at radius 2 is 1.44 bits per heavy atom. The average Bonchev–Trinajstić information content (AvgIpc) is 2.67. The zero-order chi connectivity index (χ0) is 17.3. The highest BCUT2D eigenvalue weighted by atomic mass is 16.1. The molecule has 3 aromatic rings. The molecular weight excluding hydrogens is 306 g/mol. The van der Waals surface area contributed by atoms with Gasteiger partial charge in [0.15, 0.2) is 5.78 Å². The first-order valence-corrected chi connectivity index (χ1v) is 8.87. The van der Waals surface area contributed by atoms with Gasteiger partial charge in [0.05, 0.1) is 0 Å². The summed E-state index contributed by atoms with van der Waals surface area (Å²) in [6.45, 7) is 0. The molecule has 25 heavy (non-hydrogen) atoms. The van der Waals surface area contributed by atoms with Crippen LogP contribution in [0, 0.1) is 0 Å². The van der Waals surface area contributed by atoms with Crippen LogP contribution in [0.25, 0.3) is 0 Å². The normalized spacial score (nSPS) is 10.6. The van der Waals surface area contributed by atoms with Crippen molar-refractivity contribution < 1.29 is 4.79 Å². The number of unbranched alkanes of at least 4 members (excludes halogenated alkanes) is 1. The first kappa shape index (κ1) is 17.1. The number of aromatic nitrogens is 1. The number of Topliss-reactive ketones (excluding diaryl/α,β-unsaturated/α-hetero) is 1. The van der Waals surface area contributed by atoms with E-state index in [2.05, 4.69) is 41.4 Å². The van der Waals surface area contributed by atoms with Crippen LogP contribution >= 0.6 is 0 Å². The number of nitrogens with zero attached hydrogens (tertiary/aromatic N) is 1. The molecule has 0 saturated heterocycles. The Morgan fingerprint density at radius 1 is 0.760 bits per heavy atom. The summed E-state index contributed by atoms with van der Waals surface area (Å²) < 4.78 is 0. The van der Waals surface area contributed by atoms with Crippen LogP contribution in [-0.2, 0) is 12.8 Å². The van der Waals surface area contributed by atoms with Gasteiger partial charge in [-0.2, -0.15) is 0 Å². The van der Waals surface area contributed by atoms with Gasteiger partial charge in [-0.05, 0) is 42.5 Å². The Bertz CT molecular complexity index is 779. The van der Waals surface area contributed by atoms with Crippen molar-refractivity contribution in [2.24, 2.45) is 0 Å². The topological polar surface area (TPSA) is 30.0 Å². The second-order valence-corrected chi connectivity index (χ2v) is 6.32. The van der Waals surface area contributed by atoms with E-state index in [-0.39, 0.29) is 5.78 Å². The number of ketones is 1.